The predicted molar refractivity (Wildman–Crippen MR) is 96.0 cm³/mol. The second kappa shape index (κ2) is 7.15. The van der Waals surface area contributed by atoms with Crippen LogP contribution in [0.4, 0.5) is 14.6 Å². The molecule has 25 heavy (non-hydrogen) atoms. The van der Waals surface area contributed by atoms with Crippen molar-refractivity contribution in [3.05, 3.63) is 45.3 Å². The molecule has 0 aliphatic carbocycles. The van der Waals surface area contributed by atoms with Gasteiger partial charge in [-0.1, -0.05) is 0 Å². The van der Waals surface area contributed by atoms with Crippen LogP contribution in [0, 0.1) is 18.6 Å². The summed E-state index contributed by atoms with van der Waals surface area (Å²) in [5.41, 5.74) is 7.49. The Hall–Kier alpha value is -1.90. The number of nitrogens with two attached hydrogens (primary N) is 1. The summed E-state index contributed by atoms with van der Waals surface area (Å²) in [5, 5.41) is 3.02. The van der Waals surface area contributed by atoms with Crippen LogP contribution in [0.3, 0.4) is 0 Å². The van der Waals surface area contributed by atoms with Crippen molar-refractivity contribution in [2.45, 2.75) is 32.9 Å². The molecule has 0 bridgehead atoms. The third-order valence-electron chi connectivity index (χ3n) is 3.73. The lowest BCUT2D eigenvalue weighted by atomic mass is 10.1. The van der Waals surface area contributed by atoms with Gasteiger partial charge >= 0.3 is 0 Å². The molecule has 3 aromatic heterocycles. The Bertz CT molecular complexity index is 908. The third kappa shape index (κ3) is 3.70. The van der Waals surface area contributed by atoms with Crippen LogP contribution in [-0.4, -0.2) is 21.0 Å². The molecule has 0 unspecified atom stereocenters. The number of aryl methyl sites for hydroxylation is 1. The maximum Gasteiger partial charge on any atom is 0.224 e. The van der Waals surface area contributed by atoms with Crippen molar-refractivity contribution in [2.75, 3.05) is 5.32 Å². The Kier molecular flexibility index (Phi) is 5.12. The van der Waals surface area contributed by atoms with Crippen molar-refractivity contribution >= 4 is 39.0 Å². The molecule has 0 aliphatic heterocycles. The molecule has 0 fully saturated rings. The Balaban J connectivity index is 1.98. The van der Waals surface area contributed by atoms with Gasteiger partial charge < -0.3 is 11.1 Å². The van der Waals surface area contributed by atoms with Gasteiger partial charge in [0.05, 0.1) is 22.6 Å². The summed E-state index contributed by atoms with van der Waals surface area (Å²) in [5.74, 6) is -0.998. The van der Waals surface area contributed by atoms with Gasteiger partial charge in [-0.05, 0) is 37.4 Å². The minimum atomic E-state index is -0.719. The van der Waals surface area contributed by atoms with Crippen molar-refractivity contribution in [3.63, 3.8) is 0 Å². The maximum atomic E-state index is 13.7. The van der Waals surface area contributed by atoms with Gasteiger partial charge in [0, 0.05) is 23.0 Å². The van der Waals surface area contributed by atoms with Crippen LogP contribution in [0.1, 0.15) is 22.9 Å². The number of fused-ring (bicyclic) bond motifs is 1. The molecule has 3 rings (SSSR count). The van der Waals surface area contributed by atoms with E-state index in [1.807, 2.05) is 13.8 Å². The van der Waals surface area contributed by atoms with Crippen LogP contribution in [-0.2, 0) is 13.0 Å². The number of nitrogens with zero attached hydrogens (tertiary/aromatic N) is 3. The fourth-order valence-electron chi connectivity index (χ4n) is 2.49. The number of halogens is 3. The van der Waals surface area contributed by atoms with Gasteiger partial charge in [0.1, 0.15) is 17.5 Å². The van der Waals surface area contributed by atoms with Gasteiger partial charge in [-0.15, -0.1) is 11.3 Å². The van der Waals surface area contributed by atoms with Gasteiger partial charge in [-0.25, -0.2) is 13.8 Å². The molecule has 1 atom stereocenters. The highest BCUT2D eigenvalue weighted by Gasteiger charge is 2.17. The van der Waals surface area contributed by atoms with Gasteiger partial charge in [0.2, 0.25) is 5.28 Å². The van der Waals surface area contributed by atoms with E-state index in [1.165, 1.54) is 11.3 Å². The Morgan fingerprint density at radius 1 is 1.28 bits per heavy atom. The van der Waals surface area contributed by atoms with E-state index >= 15 is 0 Å². The molecular weight excluding hydrogens is 368 g/mol. The highest BCUT2D eigenvalue weighted by atomic mass is 35.5. The Labute approximate surface area is 152 Å². The van der Waals surface area contributed by atoms with E-state index in [0.717, 1.165) is 33.1 Å². The molecule has 0 saturated heterocycles. The molecule has 0 aromatic carbocycles. The first kappa shape index (κ1) is 17.9. The Morgan fingerprint density at radius 3 is 2.60 bits per heavy atom. The van der Waals surface area contributed by atoms with E-state index in [0.29, 0.717) is 12.2 Å². The van der Waals surface area contributed by atoms with Crippen LogP contribution < -0.4 is 11.1 Å². The highest BCUT2D eigenvalue weighted by molar-refractivity contribution is 7.19. The standard InChI is InChI=1S/C16H16ClF2N5S/c1-7(20)3-12-8(2)13-14(25-12)15(24-16(17)23-13)22-4-9-10(18)5-21-6-11(9)19/h5-7H,3-4,20H2,1-2H3,(H,22,23,24)/t7-/m0/s1. The molecule has 0 saturated carbocycles. The van der Waals surface area contributed by atoms with Gasteiger partial charge in [0.25, 0.3) is 0 Å². The molecule has 0 spiro atoms. The minimum absolute atomic E-state index is 0.00612. The van der Waals surface area contributed by atoms with Crippen molar-refractivity contribution in [1.82, 2.24) is 15.0 Å². The number of rotatable bonds is 5. The molecule has 132 valence electrons. The monoisotopic (exact) mass is 383 g/mol. The molecule has 0 radical (unpaired) electrons. The number of hydrogen-bond donors (Lipinski definition) is 2. The Morgan fingerprint density at radius 2 is 1.96 bits per heavy atom. The second-order valence-electron chi connectivity index (χ2n) is 5.79. The largest absolute Gasteiger partial charge is 0.364 e. The first-order chi connectivity index (χ1) is 11.9. The lowest BCUT2D eigenvalue weighted by Gasteiger charge is -2.08. The summed E-state index contributed by atoms with van der Waals surface area (Å²) in [6, 6.07) is 0.00612. The summed E-state index contributed by atoms with van der Waals surface area (Å²) in [7, 11) is 0. The summed E-state index contributed by atoms with van der Waals surface area (Å²) in [4.78, 5) is 13.0. The zero-order valence-electron chi connectivity index (χ0n) is 13.6. The van der Waals surface area contributed by atoms with Crippen LogP contribution in [0.5, 0.6) is 0 Å². The predicted octanol–water partition coefficient (Wildman–Crippen LogP) is 3.83. The number of pyridine rings is 1. The molecule has 3 aromatic rings. The van der Waals surface area contributed by atoms with E-state index in [9.17, 15) is 8.78 Å². The van der Waals surface area contributed by atoms with Gasteiger partial charge in [-0.3, -0.25) is 4.98 Å². The van der Waals surface area contributed by atoms with Crippen LogP contribution in [0.2, 0.25) is 5.28 Å². The van der Waals surface area contributed by atoms with E-state index in [1.54, 1.807) is 0 Å². The van der Waals surface area contributed by atoms with Gasteiger partial charge in [-0.2, -0.15) is 4.98 Å². The maximum absolute atomic E-state index is 13.7. The fraction of sp³-hybridized carbons (Fsp3) is 0.312. The minimum Gasteiger partial charge on any atom is -0.364 e. The second-order valence-corrected chi connectivity index (χ2v) is 7.23. The fourth-order valence-corrected chi connectivity index (χ4v) is 4.01. The molecular formula is C16H16ClF2N5S. The zero-order chi connectivity index (χ0) is 18.1. The van der Waals surface area contributed by atoms with Crippen molar-refractivity contribution in [1.29, 1.82) is 0 Å². The summed E-state index contributed by atoms with van der Waals surface area (Å²) in [6.45, 7) is 3.80. The smallest absolute Gasteiger partial charge is 0.224 e. The zero-order valence-corrected chi connectivity index (χ0v) is 15.2. The quantitative estimate of drug-likeness (QED) is 0.655. The topological polar surface area (TPSA) is 76.7 Å². The number of anilines is 1. The SMILES string of the molecule is Cc1c(C[C@H](C)N)sc2c(NCc3c(F)cncc3F)nc(Cl)nc12. The molecule has 0 amide bonds. The van der Waals surface area contributed by atoms with Crippen molar-refractivity contribution in [3.8, 4) is 0 Å². The summed E-state index contributed by atoms with van der Waals surface area (Å²) >= 11 is 7.52. The number of hydrogen-bond acceptors (Lipinski definition) is 6. The van der Waals surface area contributed by atoms with Gasteiger partial charge in [0.15, 0.2) is 0 Å². The lowest BCUT2D eigenvalue weighted by Crippen LogP contribution is -2.17. The average molecular weight is 384 g/mol. The van der Waals surface area contributed by atoms with Crippen molar-refractivity contribution < 1.29 is 8.78 Å². The van der Waals surface area contributed by atoms with E-state index in [2.05, 4.69) is 20.3 Å². The van der Waals surface area contributed by atoms with Crippen LogP contribution in [0.15, 0.2) is 12.4 Å². The normalized spacial score (nSPS) is 12.6. The van der Waals surface area contributed by atoms with E-state index < -0.39 is 11.6 Å². The molecule has 0 aliphatic rings. The van der Waals surface area contributed by atoms with Crippen LogP contribution in [0.25, 0.3) is 10.2 Å². The summed E-state index contributed by atoms with van der Waals surface area (Å²) < 4.78 is 28.3. The molecule has 3 heterocycles. The molecule has 5 nitrogen and oxygen atoms in total. The first-order valence-corrected chi connectivity index (χ1v) is 8.79. The summed E-state index contributed by atoms with van der Waals surface area (Å²) in [6.07, 6.45) is 2.65. The van der Waals surface area contributed by atoms with E-state index in [-0.39, 0.29) is 23.4 Å². The highest BCUT2D eigenvalue weighted by Crippen LogP contribution is 2.35. The van der Waals surface area contributed by atoms with E-state index in [4.69, 9.17) is 17.3 Å². The molecule has 9 heteroatoms. The molecule has 3 N–H and O–H groups in total. The first-order valence-electron chi connectivity index (χ1n) is 7.59. The number of nitrogens with one attached hydrogen (secondary N) is 1. The van der Waals surface area contributed by atoms with Crippen LogP contribution >= 0.6 is 22.9 Å². The number of thiophene rings is 1. The van der Waals surface area contributed by atoms with Crippen molar-refractivity contribution in [2.24, 2.45) is 5.73 Å². The number of aromatic nitrogens is 3. The lowest BCUT2D eigenvalue weighted by molar-refractivity contribution is 0.550. The average Bonchev–Trinajstić information content (AvgIpc) is 2.83. The third-order valence-corrected chi connectivity index (χ3v) is 5.21.